The number of alkyl halides is 3. The van der Waals surface area contributed by atoms with Crippen LogP contribution in [0.15, 0.2) is 41.4 Å². The topological polar surface area (TPSA) is 70.6 Å². The second-order valence-corrected chi connectivity index (χ2v) is 8.06. The molecule has 0 saturated carbocycles. The zero-order valence-electron chi connectivity index (χ0n) is 13.8. The first kappa shape index (κ1) is 18.6. The number of hydrogen-bond acceptors (Lipinski definition) is 4. The summed E-state index contributed by atoms with van der Waals surface area (Å²) in [5.41, 5.74) is 0.613. The molecule has 26 heavy (non-hydrogen) atoms. The Morgan fingerprint density at radius 1 is 1.31 bits per heavy atom. The number of fused-ring (bicyclic) bond motifs is 1. The fourth-order valence-electron chi connectivity index (χ4n) is 2.98. The van der Waals surface area contributed by atoms with Gasteiger partial charge in [-0.15, -0.1) is 0 Å². The summed E-state index contributed by atoms with van der Waals surface area (Å²) in [6, 6.07) is 6.56. The molecule has 0 radical (unpaired) electrons. The lowest BCUT2D eigenvalue weighted by molar-refractivity contribution is -0.158. The van der Waals surface area contributed by atoms with Gasteiger partial charge >= 0.3 is 6.18 Å². The number of halogens is 3. The SMILES string of the molecule is CN(C1CCN(CC(F)(F)F)C1=O)S(=O)(=O)c1ccc2ncccc2c1. The lowest BCUT2D eigenvalue weighted by Gasteiger charge is -2.24. The molecule has 1 amide bonds. The summed E-state index contributed by atoms with van der Waals surface area (Å²) >= 11 is 0. The van der Waals surface area contributed by atoms with Crippen LogP contribution in [-0.4, -0.2) is 60.9 Å². The Hall–Kier alpha value is -2.20. The van der Waals surface area contributed by atoms with Gasteiger partial charge in [0.25, 0.3) is 0 Å². The molecule has 0 bridgehead atoms. The fraction of sp³-hybridized carbons (Fsp3) is 0.375. The lowest BCUT2D eigenvalue weighted by Crippen LogP contribution is -2.44. The van der Waals surface area contributed by atoms with E-state index in [9.17, 15) is 26.4 Å². The molecule has 1 aromatic carbocycles. The van der Waals surface area contributed by atoms with Crippen molar-refractivity contribution < 1.29 is 26.4 Å². The summed E-state index contributed by atoms with van der Waals surface area (Å²) < 4.78 is 64.1. The second kappa shape index (κ2) is 6.51. The van der Waals surface area contributed by atoms with Gasteiger partial charge in [0.1, 0.15) is 12.6 Å². The molecule has 6 nitrogen and oxygen atoms in total. The van der Waals surface area contributed by atoms with Gasteiger partial charge in [-0.1, -0.05) is 6.07 Å². The number of sulfonamides is 1. The van der Waals surface area contributed by atoms with Gasteiger partial charge in [0.05, 0.1) is 10.4 Å². The molecule has 1 atom stereocenters. The van der Waals surface area contributed by atoms with Gasteiger partial charge in [0.15, 0.2) is 0 Å². The molecule has 0 N–H and O–H groups in total. The summed E-state index contributed by atoms with van der Waals surface area (Å²) in [6.45, 7) is -1.51. The number of pyridine rings is 1. The molecule has 1 aliphatic heterocycles. The number of amides is 1. The third kappa shape index (κ3) is 3.51. The van der Waals surface area contributed by atoms with Crippen LogP contribution in [0.1, 0.15) is 6.42 Å². The molecular weight excluding hydrogens is 371 g/mol. The van der Waals surface area contributed by atoms with Crippen molar-refractivity contribution in [2.45, 2.75) is 23.5 Å². The van der Waals surface area contributed by atoms with Crippen molar-refractivity contribution in [1.82, 2.24) is 14.2 Å². The minimum Gasteiger partial charge on any atom is -0.332 e. The average Bonchev–Trinajstić information content (AvgIpc) is 2.92. The number of likely N-dealkylation sites (N-methyl/N-ethyl adjacent to an activating group) is 1. The van der Waals surface area contributed by atoms with E-state index in [-0.39, 0.29) is 17.9 Å². The average molecular weight is 387 g/mol. The van der Waals surface area contributed by atoms with Gasteiger partial charge in [-0.3, -0.25) is 9.78 Å². The van der Waals surface area contributed by atoms with Crippen LogP contribution in [-0.2, 0) is 14.8 Å². The van der Waals surface area contributed by atoms with Crippen molar-refractivity contribution in [3.63, 3.8) is 0 Å². The lowest BCUT2D eigenvalue weighted by atomic mass is 10.2. The van der Waals surface area contributed by atoms with E-state index in [0.717, 1.165) is 4.31 Å². The second-order valence-electron chi connectivity index (χ2n) is 6.06. The molecule has 2 heterocycles. The number of carbonyl (C=O) groups is 1. The number of hydrogen-bond donors (Lipinski definition) is 0. The molecule has 10 heteroatoms. The number of likely N-dealkylation sites (tertiary alicyclic amines) is 1. The Labute approximate surface area is 148 Å². The van der Waals surface area contributed by atoms with Crippen LogP contribution in [0.5, 0.6) is 0 Å². The highest BCUT2D eigenvalue weighted by Crippen LogP contribution is 2.27. The maximum Gasteiger partial charge on any atom is 0.406 e. The Morgan fingerprint density at radius 2 is 2.04 bits per heavy atom. The Kier molecular flexibility index (Phi) is 4.65. The zero-order valence-corrected chi connectivity index (χ0v) is 14.6. The molecule has 1 aromatic heterocycles. The summed E-state index contributed by atoms with van der Waals surface area (Å²) in [6.07, 6.45) is -2.93. The first-order valence-electron chi connectivity index (χ1n) is 7.78. The molecule has 1 aliphatic rings. The minimum absolute atomic E-state index is 0.0137. The Morgan fingerprint density at radius 3 is 2.73 bits per heavy atom. The number of aromatic nitrogens is 1. The van der Waals surface area contributed by atoms with Crippen molar-refractivity contribution in [2.75, 3.05) is 20.1 Å². The van der Waals surface area contributed by atoms with E-state index in [2.05, 4.69) is 4.98 Å². The van der Waals surface area contributed by atoms with Crippen molar-refractivity contribution in [2.24, 2.45) is 0 Å². The zero-order chi connectivity index (χ0) is 19.1. The Balaban J connectivity index is 1.86. The van der Waals surface area contributed by atoms with Crippen molar-refractivity contribution in [3.05, 3.63) is 36.5 Å². The first-order valence-corrected chi connectivity index (χ1v) is 9.22. The third-order valence-electron chi connectivity index (χ3n) is 4.33. The highest BCUT2D eigenvalue weighted by molar-refractivity contribution is 7.89. The van der Waals surface area contributed by atoms with Crippen LogP contribution in [0.2, 0.25) is 0 Å². The van der Waals surface area contributed by atoms with E-state index >= 15 is 0 Å². The predicted molar refractivity (Wildman–Crippen MR) is 87.7 cm³/mol. The monoisotopic (exact) mass is 387 g/mol. The van der Waals surface area contributed by atoms with Crippen LogP contribution >= 0.6 is 0 Å². The largest absolute Gasteiger partial charge is 0.406 e. The van der Waals surface area contributed by atoms with E-state index in [1.54, 1.807) is 24.4 Å². The van der Waals surface area contributed by atoms with Gasteiger partial charge in [-0.05, 0) is 30.7 Å². The van der Waals surface area contributed by atoms with E-state index in [1.807, 2.05) is 0 Å². The van der Waals surface area contributed by atoms with Gasteiger partial charge in [0.2, 0.25) is 15.9 Å². The number of benzene rings is 1. The minimum atomic E-state index is -4.52. The molecule has 3 rings (SSSR count). The third-order valence-corrected chi connectivity index (χ3v) is 6.19. The summed E-state index contributed by atoms with van der Waals surface area (Å²) in [7, 11) is -2.83. The number of carbonyl (C=O) groups excluding carboxylic acids is 1. The van der Waals surface area contributed by atoms with E-state index in [1.165, 1.54) is 19.2 Å². The highest BCUT2D eigenvalue weighted by Gasteiger charge is 2.43. The molecular formula is C16H16F3N3O3S. The van der Waals surface area contributed by atoms with Gasteiger partial charge < -0.3 is 4.90 Å². The molecule has 2 aromatic rings. The highest BCUT2D eigenvalue weighted by atomic mass is 32.2. The molecule has 1 saturated heterocycles. The van der Waals surface area contributed by atoms with Crippen molar-refractivity contribution >= 4 is 26.8 Å². The quantitative estimate of drug-likeness (QED) is 0.805. The molecule has 1 fully saturated rings. The summed E-state index contributed by atoms with van der Waals surface area (Å²) in [4.78, 5) is 16.9. The molecule has 0 spiro atoms. The Bertz CT molecular complexity index is 946. The number of nitrogens with zero attached hydrogens (tertiary/aromatic N) is 3. The van der Waals surface area contributed by atoms with Crippen molar-refractivity contribution in [1.29, 1.82) is 0 Å². The molecule has 140 valence electrons. The van der Waals surface area contributed by atoms with Gasteiger partial charge in [-0.25, -0.2) is 8.42 Å². The van der Waals surface area contributed by atoms with Gasteiger partial charge in [0, 0.05) is 25.2 Å². The van der Waals surface area contributed by atoms with Gasteiger partial charge in [-0.2, -0.15) is 17.5 Å². The predicted octanol–water partition coefficient (Wildman–Crippen LogP) is 2.02. The van der Waals surface area contributed by atoms with E-state index in [0.29, 0.717) is 15.8 Å². The maximum atomic E-state index is 12.8. The van der Waals surface area contributed by atoms with Crippen LogP contribution in [0.25, 0.3) is 10.9 Å². The smallest absolute Gasteiger partial charge is 0.332 e. The molecule has 1 unspecified atom stereocenters. The van der Waals surface area contributed by atoms with Crippen LogP contribution < -0.4 is 0 Å². The maximum absolute atomic E-state index is 12.8. The van der Waals surface area contributed by atoms with E-state index < -0.39 is 34.7 Å². The standard InChI is InChI=1S/C16H16F3N3O3S/c1-21(14-6-8-22(15(14)23)10-16(17,18)19)26(24,25)12-4-5-13-11(9-12)3-2-7-20-13/h2-5,7,9,14H,6,8,10H2,1H3. The fourth-order valence-corrected chi connectivity index (χ4v) is 4.36. The van der Waals surface area contributed by atoms with Crippen LogP contribution in [0, 0.1) is 0 Å². The van der Waals surface area contributed by atoms with Crippen LogP contribution in [0.3, 0.4) is 0 Å². The van der Waals surface area contributed by atoms with Crippen molar-refractivity contribution in [3.8, 4) is 0 Å². The first-order chi connectivity index (χ1) is 12.1. The summed E-state index contributed by atoms with van der Waals surface area (Å²) in [5, 5.41) is 0.610. The summed E-state index contributed by atoms with van der Waals surface area (Å²) in [5.74, 6) is -0.837. The molecule has 0 aliphatic carbocycles. The van der Waals surface area contributed by atoms with E-state index in [4.69, 9.17) is 0 Å². The van der Waals surface area contributed by atoms with Crippen LogP contribution in [0.4, 0.5) is 13.2 Å². The normalized spacial score (nSPS) is 18.9. The number of rotatable bonds is 4.